The molecule has 0 saturated carbocycles. The Hall–Kier alpha value is -1.83. The third kappa shape index (κ3) is 3.51. The molecule has 0 aliphatic carbocycles. The molecule has 2 saturated heterocycles. The van der Waals surface area contributed by atoms with Crippen molar-refractivity contribution >= 4 is 28.5 Å². The van der Waals surface area contributed by atoms with Crippen LogP contribution in [0.2, 0.25) is 0 Å². The van der Waals surface area contributed by atoms with Crippen LogP contribution in [0, 0.1) is 6.92 Å². The van der Waals surface area contributed by atoms with Crippen molar-refractivity contribution in [2.45, 2.75) is 58.1 Å². The number of nitrogens with one attached hydrogen (secondary N) is 1. The molecule has 1 atom stereocenters. The summed E-state index contributed by atoms with van der Waals surface area (Å²) >= 11 is 1.39. The van der Waals surface area contributed by atoms with Crippen molar-refractivity contribution < 1.29 is 14.3 Å². The van der Waals surface area contributed by atoms with Gasteiger partial charge in [-0.1, -0.05) is 24.7 Å². The van der Waals surface area contributed by atoms with E-state index in [4.69, 9.17) is 4.74 Å². The molecule has 0 radical (unpaired) electrons. The van der Waals surface area contributed by atoms with Crippen LogP contribution in [0.5, 0.6) is 0 Å². The molecule has 1 aromatic rings. The summed E-state index contributed by atoms with van der Waals surface area (Å²) in [5.41, 5.74) is 0.325. The number of thiazole rings is 1. The van der Waals surface area contributed by atoms with E-state index in [0.717, 1.165) is 23.7 Å². The Kier molecular flexibility index (Phi) is 5.41. The molecule has 3 heterocycles. The fourth-order valence-electron chi connectivity index (χ4n) is 3.78. The van der Waals surface area contributed by atoms with E-state index in [0.29, 0.717) is 37.4 Å². The van der Waals surface area contributed by atoms with Gasteiger partial charge in [-0.05, 0) is 20.3 Å². The SMILES string of the molecule is CCC[C@H](C)N1CC2(CCN(C(=O)c3sc(NC)nc3C)CC2)OC1=O. The number of hydrogen-bond donors (Lipinski definition) is 1. The van der Waals surface area contributed by atoms with Gasteiger partial charge in [-0.25, -0.2) is 9.78 Å². The molecule has 2 aliphatic heterocycles. The van der Waals surface area contributed by atoms with Gasteiger partial charge >= 0.3 is 6.09 Å². The summed E-state index contributed by atoms with van der Waals surface area (Å²) in [5, 5.41) is 3.74. The molecule has 0 unspecified atom stereocenters. The molecule has 1 aromatic heterocycles. The fourth-order valence-corrected chi connectivity index (χ4v) is 4.67. The number of amides is 2. The first-order valence-electron chi connectivity index (χ1n) is 9.33. The number of anilines is 1. The molecule has 26 heavy (non-hydrogen) atoms. The van der Waals surface area contributed by atoms with Crippen molar-refractivity contribution in [3.05, 3.63) is 10.6 Å². The van der Waals surface area contributed by atoms with Crippen LogP contribution < -0.4 is 5.32 Å². The Morgan fingerprint density at radius 1 is 1.42 bits per heavy atom. The van der Waals surface area contributed by atoms with Gasteiger partial charge in [-0.2, -0.15) is 0 Å². The highest BCUT2D eigenvalue weighted by molar-refractivity contribution is 7.17. The molecule has 0 bridgehead atoms. The van der Waals surface area contributed by atoms with Gasteiger partial charge in [-0.3, -0.25) is 4.79 Å². The van der Waals surface area contributed by atoms with Crippen LogP contribution >= 0.6 is 11.3 Å². The molecule has 2 aliphatic rings. The van der Waals surface area contributed by atoms with Crippen LogP contribution in [0.4, 0.5) is 9.93 Å². The first-order chi connectivity index (χ1) is 12.4. The van der Waals surface area contributed by atoms with E-state index in [9.17, 15) is 9.59 Å². The van der Waals surface area contributed by atoms with Crippen molar-refractivity contribution in [1.82, 2.24) is 14.8 Å². The van der Waals surface area contributed by atoms with Crippen molar-refractivity contribution in [2.24, 2.45) is 0 Å². The third-order valence-electron chi connectivity index (χ3n) is 5.40. The lowest BCUT2D eigenvalue weighted by molar-refractivity contribution is 0.00319. The second-order valence-corrected chi connectivity index (χ2v) is 8.29. The second-order valence-electron chi connectivity index (χ2n) is 7.29. The summed E-state index contributed by atoms with van der Waals surface area (Å²) in [6.45, 7) is 7.91. The van der Waals surface area contributed by atoms with Gasteiger partial charge in [0.2, 0.25) is 0 Å². The topological polar surface area (TPSA) is 74.8 Å². The Balaban J connectivity index is 1.63. The Bertz CT molecular complexity index is 682. The summed E-state index contributed by atoms with van der Waals surface area (Å²) in [6, 6.07) is 0.200. The number of carbonyl (C=O) groups is 2. The minimum absolute atomic E-state index is 0.0249. The fraction of sp³-hybridized carbons (Fsp3) is 0.722. The molecule has 3 rings (SSSR count). The number of aromatic nitrogens is 1. The van der Waals surface area contributed by atoms with Crippen molar-refractivity contribution in [1.29, 1.82) is 0 Å². The van der Waals surface area contributed by atoms with E-state index in [1.54, 1.807) is 7.05 Å². The highest BCUT2D eigenvalue weighted by Crippen LogP contribution is 2.35. The minimum atomic E-state index is -0.436. The molecular formula is C18H28N4O3S. The van der Waals surface area contributed by atoms with Crippen LogP contribution in [-0.4, -0.2) is 65.1 Å². The summed E-state index contributed by atoms with van der Waals surface area (Å²) in [7, 11) is 1.80. The van der Waals surface area contributed by atoms with Crippen molar-refractivity contribution in [3.8, 4) is 0 Å². The molecule has 144 valence electrons. The van der Waals surface area contributed by atoms with E-state index >= 15 is 0 Å². The largest absolute Gasteiger partial charge is 0.441 e. The van der Waals surface area contributed by atoms with Gasteiger partial charge in [0.25, 0.3) is 5.91 Å². The number of piperidine rings is 1. The monoisotopic (exact) mass is 380 g/mol. The summed E-state index contributed by atoms with van der Waals surface area (Å²) < 4.78 is 5.78. The molecule has 2 fully saturated rings. The Morgan fingerprint density at radius 3 is 2.69 bits per heavy atom. The number of aryl methyl sites for hydroxylation is 1. The zero-order chi connectivity index (χ0) is 18.9. The summed E-state index contributed by atoms with van der Waals surface area (Å²) in [6.07, 6.45) is 3.20. The van der Waals surface area contributed by atoms with Crippen molar-refractivity contribution in [2.75, 3.05) is 32.0 Å². The molecule has 1 N–H and O–H groups in total. The Morgan fingerprint density at radius 2 is 2.12 bits per heavy atom. The predicted molar refractivity (Wildman–Crippen MR) is 102 cm³/mol. The van der Waals surface area contributed by atoms with Gasteiger partial charge < -0.3 is 19.9 Å². The molecule has 2 amide bonds. The lowest BCUT2D eigenvalue weighted by Crippen LogP contribution is -2.49. The standard InChI is InChI=1S/C18H28N4O3S/c1-5-6-12(2)22-11-18(25-17(22)24)7-9-21(10-8-18)15(23)14-13(3)20-16(19-4)26-14/h12H,5-11H2,1-4H3,(H,19,20)/t12-/m0/s1. The Labute approximate surface area is 158 Å². The van der Waals surface area contributed by atoms with Crippen LogP contribution in [0.1, 0.15) is 54.9 Å². The zero-order valence-electron chi connectivity index (χ0n) is 16.0. The lowest BCUT2D eigenvalue weighted by atomic mass is 9.91. The minimum Gasteiger partial charge on any atom is -0.441 e. The third-order valence-corrected chi connectivity index (χ3v) is 6.56. The number of nitrogens with zero attached hydrogens (tertiary/aromatic N) is 3. The van der Waals surface area contributed by atoms with Gasteiger partial charge in [0, 0.05) is 39.0 Å². The number of likely N-dealkylation sites (tertiary alicyclic amines) is 1. The predicted octanol–water partition coefficient (Wildman–Crippen LogP) is 3.11. The normalized spacial score (nSPS) is 20.4. The van der Waals surface area contributed by atoms with Crippen LogP contribution in [0.3, 0.4) is 0 Å². The summed E-state index contributed by atoms with van der Waals surface area (Å²) in [4.78, 5) is 33.9. The summed E-state index contributed by atoms with van der Waals surface area (Å²) in [5.74, 6) is 0.0249. The second kappa shape index (κ2) is 7.42. The quantitative estimate of drug-likeness (QED) is 0.849. The maximum absolute atomic E-state index is 12.8. The average Bonchev–Trinajstić information content (AvgIpc) is 3.15. The molecule has 1 spiro atoms. The van der Waals surface area contributed by atoms with Crippen molar-refractivity contribution in [3.63, 3.8) is 0 Å². The van der Waals surface area contributed by atoms with Crippen LogP contribution in [0.25, 0.3) is 0 Å². The average molecular weight is 381 g/mol. The highest BCUT2D eigenvalue weighted by Gasteiger charge is 2.48. The number of carbonyl (C=O) groups excluding carboxylic acids is 2. The van der Waals surface area contributed by atoms with E-state index in [1.807, 2.05) is 16.7 Å². The number of ether oxygens (including phenoxy) is 1. The van der Waals surface area contributed by atoms with Gasteiger partial charge in [0.1, 0.15) is 10.5 Å². The zero-order valence-corrected chi connectivity index (χ0v) is 16.8. The molecule has 0 aromatic carbocycles. The molecule has 7 nitrogen and oxygen atoms in total. The number of hydrogen-bond acceptors (Lipinski definition) is 6. The van der Waals surface area contributed by atoms with Crippen LogP contribution in [0.15, 0.2) is 0 Å². The van der Waals surface area contributed by atoms with Gasteiger partial charge in [0.05, 0.1) is 12.2 Å². The maximum atomic E-state index is 12.8. The van der Waals surface area contributed by atoms with E-state index in [-0.39, 0.29) is 18.0 Å². The van der Waals surface area contributed by atoms with Gasteiger partial charge in [0.15, 0.2) is 5.13 Å². The van der Waals surface area contributed by atoms with E-state index in [2.05, 4.69) is 24.1 Å². The number of rotatable bonds is 5. The van der Waals surface area contributed by atoms with E-state index in [1.165, 1.54) is 11.3 Å². The maximum Gasteiger partial charge on any atom is 0.410 e. The molecular weight excluding hydrogens is 352 g/mol. The first kappa shape index (κ1) is 18.9. The molecule has 8 heteroatoms. The first-order valence-corrected chi connectivity index (χ1v) is 10.1. The highest BCUT2D eigenvalue weighted by atomic mass is 32.1. The van der Waals surface area contributed by atoms with Crippen LogP contribution in [-0.2, 0) is 4.74 Å². The van der Waals surface area contributed by atoms with Gasteiger partial charge in [-0.15, -0.1) is 0 Å². The lowest BCUT2D eigenvalue weighted by Gasteiger charge is -2.37. The smallest absolute Gasteiger partial charge is 0.410 e. The van der Waals surface area contributed by atoms with E-state index < -0.39 is 5.60 Å².